The van der Waals surface area contributed by atoms with Crippen LogP contribution in [0.2, 0.25) is 0 Å². The Balaban J connectivity index is 1.92. The molecule has 0 atom stereocenters. The summed E-state index contributed by atoms with van der Waals surface area (Å²) in [6.07, 6.45) is 1.64. The second kappa shape index (κ2) is 5.08. The highest BCUT2D eigenvalue weighted by atomic mass is 16.6. The van der Waals surface area contributed by atoms with E-state index in [0.29, 0.717) is 17.3 Å². The molecule has 0 unspecified atom stereocenters. The van der Waals surface area contributed by atoms with E-state index in [-0.39, 0.29) is 5.97 Å². The summed E-state index contributed by atoms with van der Waals surface area (Å²) in [7, 11) is 0. The quantitative estimate of drug-likeness (QED) is 0.846. The van der Waals surface area contributed by atoms with E-state index in [9.17, 15) is 4.79 Å². The van der Waals surface area contributed by atoms with E-state index in [0.717, 1.165) is 22.4 Å². The molecule has 0 radical (unpaired) electrons. The molecular formula is C17H18N4O2. The molecule has 6 nitrogen and oxygen atoms in total. The van der Waals surface area contributed by atoms with Crippen LogP contribution in [0.25, 0.3) is 5.57 Å². The van der Waals surface area contributed by atoms with E-state index >= 15 is 0 Å². The van der Waals surface area contributed by atoms with Crippen molar-refractivity contribution < 1.29 is 9.53 Å². The number of anilines is 3. The van der Waals surface area contributed by atoms with Crippen LogP contribution in [0, 0.1) is 0 Å². The Morgan fingerprint density at radius 2 is 2.13 bits per heavy atom. The van der Waals surface area contributed by atoms with Crippen LogP contribution in [-0.2, 0) is 10.3 Å². The van der Waals surface area contributed by atoms with Gasteiger partial charge in [-0.3, -0.25) is 0 Å². The lowest BCUT2D eigenvalue weighted by Crippen LogP contribution is -2.16. The summed E-state index contributed by atoms with van der Waals surface area (Å²) in [6.45, 7) is 9.40. The van der Waals surface area contributed by atoms with Crippen molar-refractivity contribution in [2.75, 3.05) is 11.1 Å². The van der Waals surface area contributed by atoms with Crippen LogP contribution in [0.5, 0.6) is 0 Å². The molecule has 0 fully saturated rings. The Kier molecular flexibility index (Phi) is 3.32. The number of benzene rings is 1. The Morgan fingerprint density at radius 1 is 1.39 bits per heavy atom. The number of aromatic nitrogens is 2. The highest BCUT2D eigenvalue weighted by molar-refractivity contribution is 5.95. The minimum atomic E-state index is -0.645. The molecule has 1 aliphatic heterocycles. The first kappa shape index (κ1) is 15.0. The van der Waals surface area contributed by atoms with E-state index < -0.39 is 5.60 Å². The average molecular weight is 310 g/mol. The molecule has 1 aliphatic rings. The third-order valence-corrected chi connectivity index (χ3v) is 3.77. The Hall–Kier alpha value is -2.89. The lowest BCUT2D eigenvalue weighted by atomic mass is 9.95. The number of hydrogen-bond donors (Lipinski definition) is 2. The molecule has 118 valence electrons. The van der Waals surface area contributed by atoms with Gasteiger partial charge in [-0.25, -0.2) is 9.78 Å². The normalized spacial score (nSPS) is 15.0. The SMILES string of the molecule is C=C(C)c1cnc(Nc2ccc3c(c2)C(C)(C)OC3=O)nc1N. The zero-order chi connectivity index (χ0) is 16.8. The van der Waals surface area contributed by atoms with Gasteiger partial charge in [-0.05, 0) is 44.5 Å². The van der Waals surface area contributed by atoms with E-state index in [1.54, 1.807) is 18.3 Å². The molecular weight excluding hydrogens is 292 g/mol. The maximum atomic E-state index is 11.8. The van der Waals surface area contributed by atoms with Gasteiger partial charge in [-0.1, -0.05) is 6.58 Å². The molecule has 6 heteroatoms. The fourth-order valence-electron chi connectivity index (χ4n) is 2.55. The number of nitrogens with one attached hydrogen (secondary N) is 1. The first-order valence-electron chi connectivity index (χ1n) is 7.21. The van der Waals surface area contributed by atoms with E-state index in [4.69, 9.17) is 10.5 Å². The van der Waals surface area contributed by atoms with Crippen LogP contribution in [-0.4, -0.2) is 15.9 Å². The van der Waals surface area contributed by atoms with Crippen LogP contribution in [0.3, 0.4) is 0 Å². The number of allylic oxidation sites excluding steroid dienone is 1. The number of hydrogen-bond acceptors (Lipinski definition) is 6. The van der Waals surface area contributed by atoms with Gasteiger partial charge in [-0.2, -0.15) is 4.98 Å². The second-order valence-electron chi connectivity index (χ2n) is 6.06. The summed E-state index contributed by atoms with van der Waals surface area (Å²) < 4.78 is 5.36. The molecule has 0 saturated carbocycles. The largest absolute Gasteiger partial charge is 0.451 e. The molecule has 1 aromatic heterocycles. The number of cyclic esters (lactones) is 1. The van der Waals surface area contributed by atoms with Crippen LogP contribution in [0.15, 0.2) is 31.0 Å². The number of esters is 1. The predicted octanol–water partition coefficient (Wildman–Crippen LogP) is 3.24. The Morgan fingerprint density at radius 3 is 2.78 bits per heavy atom. The Bertz CT molecular complexity index is 827. The smallest absolute Gasteiger partial charge is 0.339 e. The van der Waals surface area contributed by atoms with Gasteiger partial charge in [0.2, 0.25) is 5.95 Å². The molecule has 3 N–H and O–H groups in total. The molecule has 0 amide bonds. The molecule has 2 heterocycles. The molecule has 2 aromatic rings. The van der Waals surface area contributed by atoms with Gasteiger partial charge in [-0.15, -0.1) is 0 Å². The summed E-state index contributed by atoms with van der Waals surface area (Å²) in [5.74, 6) is 0.452. The van der Waals surface area contributed by atoms with E-state index in [2.05, 4.69) is 21.9 Å². The first-order valence-corrected chi connectivity index (χ1v) is 7.21. The number of rotatable bonds is 3. The average Bonchev–Trinajstić information content (AvgIpc) is 2.68. The van der Waals surface area contributed by atoms with Crippen molar-refractivity contribution in [2.45, 2.75) is 26.4 Å². The van der Waals surface area contributed by atoms with Gasteiger partial charge in [0.05, 0.1) is 5.56 Å². The zero-order valence-electron chi connectivity index (χ0n) is 13.3. The van der Waals surface area contributed by atoms with Crippen LogP contribution in [0.4, 0.5) is 17.5 Å². The maximum Gasteiger partial charge on any atom is 0.339 e. The summed E-state index contributed by atoms with van der Waals surface area (Å²) in [5.41, 5.74) is 8.98. The van der Waals surface area contributed by atoms with Gasteiger partial charge in [0.15, 0.2) is 0 Å². The highest BCUT2D eigenvalue weighted by Gasteiger charge is 2.37. The Labute approximate surface area is 134 Å². The van der Waals surface area contributed by atoms with Crippen molar-refractivity contribution in [3.63, 3.8) is 0 Å². The van der Waals surface area contributed by atoms with Crippen molar-refractivity contribution in [3.05, 3.63) is 47.7 Å². The zero-order valence-corrected chi connectivity index (χ0v) is 13.3. The summed E-state index contributed by atoms with van der Waals surface area (Å²) in [5, 5.41) is 3.09. The predicted molar refractivity (Wildman–Crippen MR) is 89.3 cm³/mol. The summed E-state index contributed by atoms with van der Waals surface area (Å²) in [6, 6.07) is 5.39. The van der Waals surface area contributed by atoms with Crippen LogP contribution >= 0.6 is 0 Å². The number of nitrogens with two attached hydrogens (primary N) is 1. The van der Waals surface area contributed by atoms with Crippen molar-refractivity contribution in [1.82, 2.24) is 9.97 Å². The lowest BCUT2D eigenvalue weighted by Gasteiger charge is -2.18. The second-order valence-corrected chi connectivity index (χ2v) is 6.06. The third kappa shape index (κ3) is 2.63. The highest BCUT2D eigenvalue weighted by Crippen LogP contribution is 2.37. The van der Waals surface area contributed by atoms with E-state index in [1.807, 2.05) is 26.8 Å². The number of nitrogen functional groups attached to an aromatic ring is 1. The molecule has 3 rings (SSSR count). The van der Waals surface area contributed by atoms with Crippen molar-refractivity contribution in [1.29, 1.82) is 0 Å². The molecule has 0 bridgehead atoms. The topological polar surface area (TPSA) is 90.1 Å². The molecule has 0 spiro atoms. The van der Waals surface area contributed by atoms with Crippen LogP contribution in [0.1, 0.15) is 42.3 Å². The van der Waals surface area contributed by atoms with E-state index in [1.165, 1.54) is 0 Å². The van der Waals surface area contributed by atoms with Crippen molar-refractivity contribution >= 4 is 29.0 Å². The van der Waals surface area contributed by atoms with Crippen molar-refractivity contribution in [2.24, 2.45) is 0 Å². The standard InChI is InChI=1S/C17H18N4O2/c1-9(2)12-8-19-16(21-14(12)18)20-10-5-6-11-13(7-10)17(3,4)23-15(11)22/h5-8H,1H2,2-4H3,(H3,18,19,20,21). The fraction of sp³-hybridized carbons (Fsp3) is 0.235. The number of carbonyl (C=O) groups excluding carboxylic acids is 1. The number of nitrogens with zero attached hydrogens (tertiary/aromatic N) is 2. The summed E-state index contributed by atoms with van der Waals surface area (Å²) >= 11 is 0. The van der Waals surface area contributed by atoms with Crippen molar-refractivity contribution in [3.8, 4) is 0 Å². The van der Waals surface area contributed by atoms with Gasteiger partial charge in [0.25, 0.3) is 0 Å². The van der Waals surface area contributed by atoms with Gasteiger partial charge < -0.3 is 15.8 Å². The molecule has 0 aliphatic carbocycles. The van der Waals surface area contributed by atoms with Crippen LogP contribution < -0.4 is 11.1 Å². The molecule has 23 heavy (non-hydrogen) atoms. The lowest BCUT2D eigenvalue weighted by molar-refractivity contribution is 0.00955. The first-order chi connectivity index (χ1) is 10.8. The molecule has 0 saturated heterocycles. The summed E-state index contributed by atoms with van der Waals surface area (Å²) in [4.78, 5) is 20.3. The minimum absolute atomic E-state index is 0.303. The third-order valence-electron chi connectivity index (χ3n) is 3.77. The number of ether oxygens (including phenoxy) is 1. The maximum absolute atomic E-state index is 11.8. The fourth-order valence-corrected chi connectivity index (χ4v) is 2.55. The number of fused-ring (bicyclic) bond motifs is 1. The number of carbonyl (C=O) groups is 1. The van der Waals surface area contributed by atoms with Gasteiger partial charge in [0.1, 0.15) is 11.4 Å². The van der Waals surface area contributed by atoms with Gasteiger partial charge >= 0.3 is 5.97 Å². The molecule has 1 aromatic carbocycles. The monoisotopic (exact) mass is 310 g/mol. The minimum Gasteiger partial charge on any atom is -0.451 e. The van der Waals surface area contributed by atoms with Gasteiger partial charge in [0, 0.05) is 23.0 Å².